The normalized spacial score (nSPS) is 18.8. The molecule has 1 saturated heterocycles. The smallest absolute Gasteiger partial charge is 0.254 e. The predicted molar refractivity (Wildman–Crippen MR) is 85.3 cm³/mol. The monoisotopic (exact) mass is 300 g/mol. The second kappa shape index (κ2) is 7.06. The first kappa shape index (κ1) is 16.2. The van der Waals surface area contributed by atoms with Crippen LogP contribution in [0.15, 0.2) is 18.2 Å². The third-order valence-electron chi connectivity index (χ3n) is 3.37. The molecular formula is C14H21ClN2OS. The van der Waals surface area contributed by atoms with E-state index in [1.807, 2.05) is 35.7 Å². The predicted octanol–water partition coefficient (Wildman–Crippen LogP) is 2.97. The summed E-state index contributed by atoms with van der Waals surface area (Å²) in [5, 5.41) is 0.573. The van der Waals surface area contributed by atoms with Crippen LogP contribution in [0.4, 0.5) is 5.69 Å². The average Bonchev–Trinajstić information content (AvgIpc) is 2.41. The molecule has 1 unspecified atom stereocenters. The SMILES string of the molecule is CCC1CN(C(=O)c2cc(N)ccc2C)CCS1.Cl. The molecule has 106 valence electrons. The lowest BCUT2D eigenvalue weighted by molar-refractivity contribution is 0.0760. The summed E-state index contributed by atoms with van der Waals surface area (Å²) < 4.78 is 0. The Morgan fingerprint density at radius 2 is 2.26 bits per heavy atom. The van der Waals surface area contributed by atoms with Gasteiger partial charge >= 0.3 is 0 Å². The first-order valence-corrected chi connectivity index (χ1v) is 7.43. The first-order chi connectivity index (χ1) is 8.61. The van der Waals surface area contributed by atoms with Crippen LogP contribution < -0.4 is 5.73 Å². The molecular weight excluding hydrogens is 280 g/mol. The van der Waals surface area contributed by atoms with Crippen molar-refractivity contribution in [2.45, 2.75) is 25.5 Å². The van der Waals surface area contributed by atoms with Gasteiger partial charge in [0, 0.05) is 35.3 Å². The molecule has 19 heavy (non-hydrogen) atoms. The van der Waals surface area contributed by atoms with Crippen LogP contribution in [0.2, 0.25) is 0 Å². The summed E-state index contributed by atoms with van der Waals surface area (Å²) in [4.78, 5) is 14.5. The van der Waals surface area contributed by atoms with Crippen molar-refractivity contribution in [3.05, 3.63) is 29.3 Å². The van der Waals surface area contributed by atoms with Crippen molar-refractivity contribution in [3.63, 3.8) is 0 Å². The lowest BCUT2D eigenvalue weighted by atomic mass is 10.1. The van der Waals surface area contributed by atoms with Gasteiger partial charge in [-0.15, -0.1) is 12.4 Å². The van der Waals surface area contributed by atoms with Crippen molar-refractivity contribution in [1.82, 2.24) is 4.90 Å². The van der Waals surface area contributed by atoms with Gasteiger partial charge in [0.1, 0.15) is 0 Å². The minimum atomic E-state index is 0. The van der Waals surface area contributed by atoms with Crippen LogP contribution in [0.1, 0.15) is 29.3 Å². The highest BCUT2D eigenvalue weighted by Crippen LogP contribution is 2.23. The second-order valence-corrected chi connectivity index (χ2v) is 6.13. The Kier molecular flexibility index (Phi) is 6.01. The zero-order valence-electron chi connectivity index (χ0n) is 11.4. The Balaban J connectivity index is 0.00000180. The highest BCUT2D eigenvalue weighted by Gasteiger charge is 2.24. The van der Waals surface area contributed by atoms with Gasteiger partial charge in [0.15, 0.2) is 0 Å². The number of carbonyl (C=O) groups excluding carboxylic acids is 1. The van der Waals surface area contributed by atoms with Crippen LogP contribution in [0.25, 0.3) is 0 Å². The molecule has 0 saturated carbocycles. The molecule has 0 aliphatic carbocycles. The van der Waals surface area contributed by atoms with Gasteiger partial charge in [-0.2, -0.15) is 11.8 Å². The molecule has 1 fully saturated rings. The van der Waals surface area contributed by atoms with E-state index in [2.05, 4.69) is 6.92 Å². The Morgan fingerprint density at radius 1 is 1.53 bits per heavy atom. The zero-order chi connectivity index (χ0) is 13.1. The third kappa shape index (κ3) is 3.80. The fourth-order valence-corrected chi connectivity index (χ4v) is 3.37. The average molecular weight is 301 g/mol. The molecule has 0 radical (unpaired) electrons. The molecule has 1 amide bonds. The minimum Gasteiger partial charge on any atom is -0.399 e. The number of amides is 1. The quantitative estimate of drug-likeness (QED) is 0.854. The summed E-state index contributed by atoms with van der Waals surface area (Å²) in [5.41, 5.74) is 8.18. The van der Waals surface area contributed by atoms with Gasteiger partial charge in [-0.05, 0) is 31.0 Å². The molecule has 0 aromatic heterocycles. The summed E-state index contributed by atoms with van der Waals surface area (Å²) >= 11 is 1.97. The van der Waals surface area contributed by atoms with E-state index in [0.717, 1.165) is 36.4 Å². The Morgan fingerprint density at radius 3 is 2.95 bits per heavy atom. The minimum absolute atomic E-state index is 0. The number of benzene rings is 1. The third-order valence-corrected chi connectivity index (χ3v) is 4.75. The zero-order valence-corrected chi connectivity index (χ0v) is 13.0. The second-order valence-electron chi connectivity index (χ2n) is 4.73. The van der Waals surface area contributed by atoms with Crippen molar-refractivity contribution >= 4 is 35.8 Å². The molecule has 0 spiro atoms. The van der Waals surface area contributed by atoms with E-state index in [1.54, 1.807) is 6.07 Å². The molecule has 1 aromatic rings. The summed E-state index contributed by atoms with van der Waals surface area (Å²) in [6.45, 7) is 5.84. The van der Waals surface area contributed by atoms with E-state index in [4.69, 9.17) is 5.73 Å². The molecule has 2 N–H and O–H groups in total. The maximum Gasteiger partial charge on any atom is 0.254 e. The number of nitrogens with two attached hydrogens (primary N) is 1. The molecule has 2 rings (SSSR count). The van der Waals surface area contributed by atoms with Crippen LogP contribution in [0, 0.1) is 6.92 Å². The molecule has 1 aliphatic heterocycles. The van der Waals surface area contributed by atoms with Crippen LogP contribution in [-0.4, -0.2) is 34.9 Å². The van der Waals surface area contributed by atoms with E-state index < -0.39 is 0 Å². The standard InChI is InChI=1S/C14H20N2OS.ClH/c1-3-12-9-16(6-7-18-12)14(17)13-8-11(15)5-4-10(13)2;/h4-5,8,12H,3,6-7,9,15H2,1-2H3;1H. The van der Waals surface area contributed by atoms with Gasteiger partial charge in [0.2, 0.25) is 0 Å². The van der Waals surface area contributed by atoms with Crippen molar-refractivity contribution in [3.8, 4) is 0 Å². The highest BCUT2D eigenvalue weighted by atomic mass is 35.5. The topological polar surface area (TPSA) is 46.3 Å². The Labute approximate surface area is 125 Å². The lowest BCUT2D eigenvalue weighted by Crippen LogP contribution is -2.42. The molecule has 3 nitrogen and oxygen atoms in total. The maximum absolute atomic E-state index is 12.5. The van der Waals surface area contributed by atoms with E-state index in [0.29, 0.717) is 10.9 Å². The first-order valence-electron chi connectivity index (χ1n) is 6.38. The van der Waals surface area contributed by atoms with E-state index >= 15 is 0 Å². The van der Waals surface area contributed by atoms with E-state index in [-0.39, 0.29) is 18.3 Å². The fraction of sp³-hybridized carbons (Fsp3) is 0.500. The molecule has 5 heteroatoms. The number of nitrogen functional groups attached to an aromatic ring is 1. The van der Waals surface area contributed by atoms with Crippen LogP contribution in [-0.2, 0) is 0 Å². The summed E-state index contributed by atoms with van der Waals surface area (Å²) in [6.07, 6.45) is 1.12. The number of halogens is 1. The van der Waals surface area contributed by atoms with Crippen LogP contribution in [0.5, 0.6) is 0 Å². The van der Waals surface area contributed by atoms with E-state index in [9.17, 15) is 4.79 Å². The number of thioether (sulfide) groups is 1. The molecule has 0 bridgehead atoms. The summed E-state index contributed by atoms with van der Waals surface area (Å²) in [6, 6.07) is 5.55. The number of rotatable bonds is 2. The van der Waals surface area contributed by atoms with Gasteiger partial charge in [0.05, 0.1) is 0 Å². The number of hydrogen-bond donors (Lipinski definition) is 1. The van der Waals surface area contributed by atoms with Gasteiger partial charge in [-0.25, -0.2) is 0 Å². The maximum atomic E-state index is 12.5. The molecule has 1 aromatic carbocycles. The van der Waals surface area contributed by atoms with Crippen molar-refractivity contribution in [1.29, 1.82) is 0 Å². The molecule has 1 heterocycles. The summed E-state index contributed by atoms with van der Waals surface area (Å²) in [7, 11) is 0. The molecule has 1 atom stereocenters. The van der Waals surface area contributed by atoms with Gasteiger partial charge in [-0.3, -0.25) is 4.79 Å². The van der Waals surface area contributed by atoms with Crippen molar-refractivity contribution in [2.75, 3.05) is 24.6 Å². The summed E-state index contributed by atoms with van der Waals surface area (Å²) in [5.74, 6) is 1.16. The Bertz CT molecular complexity index is 453. The van der Waals surface area contributed by atoms with Gasteiger partial charge < -0.3 is 10.6 Å². The van der Waals surface area contributed by atoms with Gasteiger partial charge in [0.25, 0.3) is 5.91 Å². The van der Waals surface area contributed by atoms with E-state index in [1.165, 1.54) is 0 Å². The van der Waals surface area contributed by atoms with Crippen LogP contribution in [0.3, 0.4) is 0 Å². The van der Waals surface area contributed by atoms with Crippen LogP contribution >= 0.6 is 24.2 Å². The lowest BCUT2D eigenvalue weighted by Gasteiger charge is -2.32. The number of aryl methyl sites for hydroxylation is 1. The number of hydrogen-bond acceptors (Lipinski definition) is 3. The molecule has 1 aliphatic rings. The van der Waals surface area contributed by atoms with Crippen molar-refractivity contribution < 1.29 is 4.79 Å². The Hall–Kier alpha value is -0.870. The highest BCUT2D eigenvalue weighted by molar-refractivity contribution is 8.00. The largest absolute Gasteiger partial charge is 0.399 e. The number of carbonyl (C=O) groups is 1. The van der Waals surface area contributed by atoms with Gasteiger partial charge in [-0.1, -0.05) is 13.0 Å². The van der Waals surface area contributed by atoms with Crippen molar-refractivity contribution in [2.24, 2.45) is 0 Å². The number of anilines is 1. The fourth-order valence-electron chi connectivity index (χ4n) is 2.19. The number of nitrogens with zero attached hydrogens (tertiary/aromatic N) is 1.